The maximum absolute atomic E-state index is 8.90. The van der Waals surface area contributed by atoms with Gasteiger partial charge < -0.3 is 10.0 Å². The molecule has 0 saturated carbocycles. The van der Waals surface area contributed by atoms with Crippen LogP contribution in [0, 0.1) is 6.92 Å². The van der Waals surface area contributed by atoms with Crippen molar-refractivity contribution in [3.05, 3.63) is 16.1 Å². The molecular formula is C13H22N2OS. The fourth-order valence-electron chi connectivity index (χ4n) is 2.65. The second-order valence-corrected chi connectivity index (χ2v) is 5.75. The van der Waals surface area contributed by atoms with Crippen LogP contribution in [-0.2, 0) is 6.42 Å². The van der Waals surface area contributed by atoms with Crippen LogP contribution < -0.4 is 0 Å². The number of likely N-dealkylation sites (tertiary alicyclic amines) is 1. The summed E-state index contributed by atoms with van der Waals surface area (Å²) in [7, 11) is 0. The van der Waals surface area contributed by atoms with Crippen molar-refractivity contribution in [2.75, 3.05) is 19.7 Å². The number of aliphatic hydroxyl groups is 1. The van der Waals surface area contributed by atoms with E-state index in [1.165, 1.54) is 30.0 Å². The minimum atomic E-state index is 0.332. The Morgan fingerprint density at radius 2 is 2.47 bits per heavy atom. The van der Waals surface area contributed by atoms with Gasteiger partial charge >= 0.3 is 0 Å². The van der Waals surface area contributed by atoms with Crippen molar-refractivity contribution >= 4 is 11.3 Å². The maximum Gasteiger partial charge on any atom is 0.0797 e. The molecule has 17 heavy (non-hydrogen) atoms. The number of hydrogen-bond donors (Lipinski definition) is 1. The van der Waals surface area contributed by atoms with Crippen LogP contribution in [0.4, 0.5) is 0 Å². The van der Waals surface area contributed by atoms with E-state index in [0.29, 0.717) is 12.6 Å². The Morgan fingerprint density at radius 1 is 1.59 bits per heavy atom. The maximum atomic E-state index is 8.90. The van der Waals surface area contributed by atoms with Crippen molar-refractivity contribution in [3.8, 4) is 0 Å². The van der Waals surface area contributed by atoms with Crippen molar-refractivity contribution in [2.24, 2.45) is 0 Å². The van der Waals surface area contributed by atoms with E-state index in [9.17, 15) is 0 Å². The van der Waals surface area contributed by atoms with E-state index in [-0.39, 0.29) is 0 Å². The van der Waals surface area contributed by atoms with Crippen LogP contribution >= 0.6 is 11.3 Å². The van der Waals surface area contributed by atoms with Crippen LogP contribution in [0.25, 0.3) is 0 Å². The summed E-state index contributed by atoms with van der Waals surface area (Å²) in [4.78, 5) is 8.32. The van der Waals surface area contributed by atoms with Crippen LogP contribution in [0.3, 0.4) is 0 Å². The molecule has 3 nitrogen and oxygen atoms in total. The average molecular weight is 254 g/mol. The molecule has 1 fully saturated rings. The third-order valence-electron chi connectivity index (χ3n) is 3.67. The van der Waals surface area contributed by atoms with Gasteiger partial charge in [0.25, 0.3) is 0 Å². The summed E-state index contributed by atoms with van der Waals surface area (Å²) in [6.07, 6.45) is 5.85. The zero-order valence-electron chi connectivity index (χ0n) is 10.6. The molecule has 0 amide bonds. The van der Waals surface area contributed by atoms with Crippen molar-refractivity contribution in [2.45, 2.75) is 45.1 Å². The first-order valence-electron chi connectivity index (χ1n) is 6.55. The quantitative estimate of drug-likeness (QED) is 0.845. The van der Waals surface area contributed by atoms with E-state index in [0.717, 1.165) is 25.8 Å². The Bertz CT molecular complexity index is 340. The van der Waals surface area contributed by atoms with E-state index in [2.05, 4.69) is 16.8 Å². The topological polar surface area (TPSA) is 36.4 Å². The normalized spacial score (nSPS) is 21.2. The minimum absolute atomic E-state index is 0.332. The Kier molecular flexibility index (Phi) is 4.95. The number of thiazole rings is 1. The van der Waals surface area contributed by atoms with E-state index in [1.807, 2.05) is 5.51 Å². The second kappa shape index (κ2) is 6.47. The molecule has 0 aliphatic carbocycles. The first-order chi connectivity index (χ1) is 8.31. The fraction of sp³-hybridized carbons (Fsp3) is 0.769. The van der Waals surface area contributed by atoms with E-state index < -0.39 is 0 Å². The van der Waals surface area contributed by atoms with Crippen molar-refractivity contribution < 1.29 is 5.11 Å². The summed E-state index contributed by atoms with van der Waals surface area (Å²) in [5, 5.41) is 8.90. The van der Waals surface area contributed by atoms with Crippen molar-refractivity contribution in [1.29, 1.82) is 0 Å². The molecule has 2 rings (SSSR count). The van der Waals surface area contributed by atoms with Crippen LogP contribution in [0.5, 0.6) is 0 Å². The number of aliphatic hydroxyl groups excluding tert-OH is 1. The van der Waals surface area contributed by atoms with Gasteiger partial charge in [0.05, 0.1) is 11.2 Å². The van der Waals surface area contributed by atoms with Crippen LogP contribution in [0.2, 0.25) is 0 Å². The highest BCUT2D eigenvalue weighted by atomic mass is 32.1. The summed E-state index contributed by atoms with van der Waals surface area (Å²) in [6.45, 7) is 4.81. The fourth-order valence-corrected chi connectivity index (χ4v) is 3.43. The Balaban J connectivity index is 1.80. The molecule has 1 atom stereocenters. The lowest BCUT2D eigenvalue weighted by Gasteiger charge is -2.24. The van der Waals surface area contributed by atoms with Gasteiger partial charge in [-0.05, 0) is 45.6 Å². The molecule has 2 heterocycles. The molecule has 4 heteroatoms. The molecule has 0 spiro atoms. The molecule has 1 unspecified atom stereocenters. The summed E-state index contributed by atoms with van der Waals surface area (Å²) < 4.78 is 0. The second-order valence-electron chi connectivity index (χ2n) is 4.81. The Labute approximate surface area is 107 Å². The molecule has 1 aromatic rings. The summed E-state index contributed by atoms with van der Waals surface area (Å²) in [5.74, 6) is 0. The van der Waals surface area contributed by atoms with Crippen LogP contribution in [0.15, 0.2) is 5.51 Å². The molecule has 1 aliphatic heterocycles. The largest absolute Gasteiger partial charge is 0.396 e. The lowest BCUT2D eigenvalue weighted by Crippen LogP contribution is -2.31. The SMILES string of the molecule is Cc1ncsc1CCN1CCCC1CCCO. The molecule has 0 bridgehead atoms. The lowest BCUT2D eigenvalue weighted by molar-refractivity contribution is 0.218. The zero-order chi connectivity index (χ0) is 12.1. The molecule has 0 radical (unpaired) electrons. The van der Waals surface area contributed by atoms with Crippen LogP contribution in [0.1, 0.15) is 36.3 Å². The van der Waals surface area contributed by atoms with Gasteiger partial charge in [0.15, 0.2) is 0 Å². The summed E-state index contributed by atoms with van der Waals surface area (Å²) >= 11 is 1.77. The predicted molar refractivity (Wildman–Crippen MR) is 71.5 cm³/mol. The van der Waals surface area contributed by atoms with E-state index in [4.69, 9.17) is 5.11 Å². The first kappa shape index (κ1) is 13.0. The molecule has 1 saturated heterocycles. The van der Waals surface area contributed by atoms with Gasteiger partial charge in [-0.3, -0.25) is 0 Å². The van der Waals surface area contributed by atoms with Gasteiger partial charge in [-0.2, -0.15) is 0 Å². The smallest absolute Gasteiger partial charge is 0.0797 e. The third-order valence-corrected chi connectivity index (χ3v) is 4.66. The van der Waals surface area contributed by atoms with Gasteiger partial charge in [-0.15, -0.1) is 11.3 Å². The highest BCUT2D eigenvalue weighted by molar-refractivity contribution is 7.09. The predicted octanol–water partition coefficient (Wildman–Crippen LogP) is 2.23. The third kappa shape index (κ3) is 3.50. The van der Waals surface area contributed by atoms with Gasteiger partial charge in [-0.1, -0.05) is 0 Å². The lowest BCUT2D eigenvalue weighted by atomic mass is 10.1. The van der Waals surface area contributed by atoms with E-state index >= 15 is 0 Å². The first-order valence-corrected chi connectivity index (χ1v) is 7.43. The van der Waals surface area contributed by atoms with Crippen molar-refractivity contribution in [1.82, 2.24) is 9.88 Å². The van der Waals surface area contributed by atoms with E-state index in [1.54, 1.807) is 11.3 Å². The highest BCUT2D eigenvalue weighted by Crippen LogP contribution is 2.22. The summed E-state index contributed by atoms with van der Waals surface area (Å²) in [6, 6.07) is 0.704. The van der Waals surface area contributed by atoms with Gasteiger partial charge in [0.2, 0.25) is 0 Å². The molecular weight excluding hydrogens is 232 g/mol. The average Bonchev–Trinajstić information content (AvgIpc) is 2.93. The van der Waals surface area contributed by atoms with Gasteiger partial charge in [0, 0.05) is 24.1 Å². The Morgan fingerprint density at radius 3 is 3.18 bits per heavy atom. The molecule has 96 valence electrons. The standard InChI is InChI=1S/C13H22N2OS/c1-11-13(17-10-14-11)6-8-15-7-2-4-12(15)5-3-9-16/h10,12,16H,2-9H2,1H3. The van der Waals surface area contributed by atoms with Gasteiger partial charge in [0.1, 0.15) is 0 Å². The van der Waals surface area contributed by atoms with Gasteiger partial charge in [-0.25, -0.2) is 4.98 Å². The number of aryl methyl sites for hydroxylation is 1. The van der Waals surface area contributed by atoms with Crippen LogP contribution in [-0.4, -0.2) is 40.7 Å². The number of aromatic nitrogens is 1. The zero-order valence-corrected chi connectivity index (χ0v) is 11.4. The summed E-state index contributed by atoms with van der Waals surface area (Å²) in [5.41, 5.74) is 3.14. The molecule has 1 aliphatic rings. The molecule has 1 N–H and O–H groups in total. The molecule has 0 aromatic carbocycles. The highest BCUT2D eigenvalue weighted by Gasteiger charge is 2.23. The Hall–Kier alpha value is -0.450. The number of rotatable bonds is 6. The number of nitrogens with zero attached hydrogens (tertiary/aromatic N) is 2. The molecule has 1 aromatic heterocycles. The van der Waals surface area contributed by atoms with Crippen molar-refractivity contribution in [3.63, 3.8) is 0 Å². The monoisotopic (exact) mass is 254 g/mol. The number of hydrogen-bond acceptors (Lipinski definition) is 4. The minimum Gasteiger partial charge on any atom is -0.396 e.